The Hall–Kier alpha value is -1.11. The number of halogens is 7. The first kappa shape index (κ1) is 19.9. The minimum absolute atomic E-state index is 0.162. The molecule has 5 nitrogen and oxygen atoms in total. The maximum atomic E-state index is 13.5. The zero-order valence-corrected chi connectivity index (χ0v) is 11.1. The van der Waals surface area contributed by atoms with Crippen molar-refractivity contribution in [1.29, 1.82) is 0 Å². The average Bonchev–Trinajstić information content (AvgIpc) is 2.19. The molecule has 0 saturated carbocycles. The highest BCUT2D eigenvalue weighted by Gasteiger charge is 2.64. The van der Waals surface area contributed by atoms with Crippen molar-refractivity contribution < 1.29 is 48.7 Å². The summed E-state index contributed by atoms with van der Waals surface area (Å²) >= 11 is 0. The summed E-state index contributed by atoms with van der Waals surface area (Å²) in [6, 6.07) is 0. The lowest BCUT2D eigenvalue weighted by Crippen LogP contribution is -2.57. The molecule has 0 aromatic carbocycles. The van der Waals surface area contributed by atoms with Gasteiger partial charge in [-0.3, -0.25) is 4.79 Å². The van der Waals surface area contributed by atoms with Crippen LogP contribution in [-0.2, 0) is 19.6 Å². The SMILES string of the molecule is CCCOC(F)(C(=O)NS(=O)(=O)CC(F)(F)F)C(F)(F)F. The monoisotopic (exact) mass is 349 g/mol. The van der Waals surface area contributed by atoms with Crippen LogP contribution in [0.4, 0.5) is 30.7 Å². The Morgan fingerprint density at radius 1 is 1.10 bits per heavy atom. The van der Waals surface area contributed by atoms with Crippen LogP contribution < -0.4 is 4.72 Å². The molecule has 13 heteroatoms. The van der Waals surface area contributed by atoms with Gasteiger partial charge in [0.2, 0.25) is 10.0 Å². The van der Waals surface area contributed by atoms with Crippen molar-refractivity contribution >= 4 is 15.9 Å². The van der Waals surface area contributed by atoms with Gasteiger partial charge in [-0.25, -0.2) is 13.1 Å². The topological polar surface area (TPSA) is 72.5 Å². The van der Waals surface area contributed by atoms with Gasteiger partial charge in [0.05, 0.1) is 6.61 Å². The highest BCUT2D eigenvalue weighted by atomic mass is 32.2. The Morgan fingerprint density at radius 2 is 1.57 bits per heavy atom. The summed E-state index contributed by atoms with van der Waals surface area (Å²) in [5.41, 5.74) is 0. The summed E-state index contributed by atoms with van der Waals surface area (Å²) in [7, 11) is -5.55. The lowest BCUT2D eigenvalue weighted by atomic mass is 10.3. The molecule has 0 aromatic rings. The van der Waals surface area contributed by atoms with E-state index in [0.717, 1.165) is 0 Å². The lowest BCUT2D eigenvalue weighted by molar-refractivity contribution is -0.314. The average molecular weight is 349 g/mol. The Bertz CT molecular complexity index is 472. The Kier molecular flexibility index (Phi) is 6.00. The molecule has 126 valence electrons. The van der Waals surface area contributed by atoms with Gasteiger partial charge in [0, 0.05) is 0 Å². The molecule has 0 fully saturated rings. The largest absolute Gasteiger partial charge is 0.458 e. The zero-order chi connectivity index (χ0) is 17.1. The van der Waals surface area contributed by atoms with E-state index in [9.17, 15) is 43.9 Å². The van der Waals surface area contributed by atoms with Crippen molar-refractivity contribution in [1.82, 2.24) is 4.72 Å². The molecule has 1 unspecified atom stereocenters. The van der Waals surface area contributed by atoms with Gasteiger partial charge in [-0.2, -0.15) is 30.7 Å². The van der Waals surface area contributed by atoms with E-state index in [1.807, 2.05) is 0 Å². The molecule has 0 aliphatic rings. The van der Waals surface area contributed by atoms with Gasteiger partial charge in [0.1, 0.15) is 0 Å². The second-order valence-corrected chi connectivity index (χ2v) is 5.47. The number of rotatable bonds is 6. The van der Waals surface area contributed by atoms with E-state index in [1.54, 1.807) is 0 Å². The summed E-state index contributed by atoms with van der Waals surface area (Å²) in [5, 5.41) is 0. The van der Waals surface area contributed by atoms with Crippen molar-refractivity contribution in [3.05, 3.63) is 0 Å². The number of hydrogen-bond donors (Lipinski definition) is 1. The number of carbonyl (C=O) groups is 1. The fraction of sp³-hybridized carbons (Fsp3) is 0.875. The summed E-state index contributed by atoms with van der Waals surface area (Å²) in [6.45, 7) is 0.345. The van der Waals surface area contributed by atoms with Crippen LogP contribution in [0.15, 0.2) is 0 Å². The third-order valence-corrected chi connectivity index (χ3v) is 2.97. The molecular formula is C8H10F7NO4S. The van der Waals surface area contributed by atoms with Crippen molar-refractivity contribution in [2.75, 3.05) is 12.4 Å². The zero-order valence-electron chi connectivity index (χ0n) is 10.3. The Labute approximate surface area is 114 Å². The molecule has 0 heterocycles. The summed E-state index contributed by atoms with van der Waals surface area (Å²) < 4.78 is 112. The second-order valence-electron chi connectivity index (χ2n) is 3.75. The first-order valence-corrected chi connectivity index (χ1v) is 6.81. The molecule has 0 rings (SSSR count). The lowest BCUT2D eigenvalue weighted by Gasteiger charge is -2.26. The molecule has 1 atom stereocenters. The third-order valence-electron chi connectivity index (χ3n) is 1.76. The molecule has 0 aliphatic carbocycles. The van der Waals surface area contributed by atoms with Crippen LogP contribution in [0.2, 0.25) is 0 Å². The molecular weight excluding hydrogens is 339 g/mol. The molecule has 0 bridgehead atoms. The van der Waals surface area contributed by atoms with Crippen LogP contribution in [0.25, 0.3) is 0 Å². The van der Waals surface area contributed by atoms with E-state index >= 15 is 0 Å². The number of hydrogen-bond acceptors (Lipinski definition) is 4. The van der Waals surface area contributed by atoms with Crippen LogP contribution in [0.3, 0.4) is 0 Å². The van der Waals surface area contributed by atoms with Crippen molar-refractivity contribution in [3.8, 4) is 0 Å². The summed E-state index contributed by atoms with van der Waals surface area (Å²) in [5.74, 6) is -10.6. The van der Waals surface area contributed by atoms with Crippen LogP contribution >= 0.6 is 0 Å². The van der Waals surface area contributed by atoms with Gasteiger partial charge < -0.3 is 4.74 Å². The van der Waals surface area contributed by atoms with Crippen LogP contribution in [0, 0.1) is 0 Å². The quantitative estimate of drug-likeness (QED) is 0.740. The molecule has 0 radical (unpaired) electrons. The Balaban J connectivity index is 5.26. The number of ether oxygens (including phenoxy) is 1. The highest BCUT2D eigenvalue weighted by Crippen LogP contribution is 2.35. The van der Waals surface area contributed by atoms with Gasteiger partial charge >= 0.3 is 24.1 Å². The standard InChI is InChI=1S/C8H10F7NO4S/c1-2-3-20-7(12,8(13,14)15)5(17)16-21(18,19)4-6(9,10)11/h2-4H2,1H3,(H,16,17). The van der Waals surface area contributed by atoms with E-state index < -0.39 is 46.5 Å². The van der Waals surface area contributed by atoms with E-state index in [1.165, 1.54) is 6.92 Å². The van der Waals surface area contributed by atoms with Gasteiger partial charge in [0.15, 0.2) is 5.75 Å². The molecule has 1 N–H and O–H groups in total. The summed E-state index contributed by atoms with van der Waals surface area (Å²) in [6.07, 6.45) is -11.5. The van der Waals surface area contributed by atoms with E-state index in [-0.39, 0.29) is 6.42 Å². The Morgan fingerprint density at radius 3 is 1.90 bits per heavy atom. The van der Waals surface area contributed by atoms with Crippen molar-refractivity contribution in [2.45, 2.75) is 31.6 Å². The fourth-order valence-electron chi connectivity index (χ4n) is 0.977. The summed E-state index contributed by atoms with van der Waals surface area (Å²) in [4.78, 5) is 11.0. The number of alkyl halides is 7. The minimum Gasteiger partial charge on any atom is -0.332 e. The predicted octanol–water partition coefficient (Wildman–Crippen LogP) is 1.65. The van der Waals surface area contributed by atoms with Crippen LogP contribution in [0.1, 0.15) is 13.3 Å². The number of sulfonamides is 1. The van der Waals surface area contributed by atoms with E-state index in [4.69, 9.17) is 0 Å². The van der Waals surface area contributed by atoms with E-state index in [0.29, 0.717) is 4.72 Å². The molecule has 0 aliphatic heterocycles. The normalized spacial score (nSPS) is 16.4. The number of nitrogens with one attached hydrogen (secondary N) is 1. The maximum absolute atomic E-state index is 13.5. The molecule has 1 amide bonds. The highest BCUT2D eigenvalue weighted by molar-refractivity contribution is 7.90. The van der Waals surface area contributed by atoms with Gasteiger partial charge in [0.25, 0.3) is 0 Å². The van der Waals surface area contributed by atoms with Crippen LogP contribution in [0.5, 0.6) is 0 Å². The van der Waals surface area contributed by atoms with Crippen molar-refractivity contribution in [2.24, 2.45) is 0 Å². The second kappa shape index (κ2) is 6.34. The van der Waals surface area contributed by atoms with Gasteiger partial charge in [-0.15, -0.1) is 0 Å². The number of carbonyl (C=O) groups excluding carboxylic acids is 1. The van der Waals surface area contributed by atoms with Crippen molar-refractivity contribution in [3.63, 3.8) is 0 Å². The minimum atomic E-state index is -5.97. The maximum Gasteiger partial charge on any atom is 0.458 e. The van der Waals surface area contributed by atoms with Gasteiger partial charge in [-0.05, 0) is 6.42 Å². The molecule has 21 heavy (non-hydrogen) atoms. The molecule has 0 saturated heterocycles. The molecule has 0 spiro atoms. The van der Waals surface area contributed by atoms with E-state index in [2.05, 4.69) is 4.74 Å². The van der Waals surface area contributed by atoms with Crippen LogP contribution in [-0.4, -0.2) is 44.9 Å². The molecule has 0 aromatic heterocycles. The smallest absolute Gasteiger partial charge is 0.332 e. The third kappa shape index (κ3) is 6.03. The number of amides is 1. The van der Waals surface area contributed by atoms with Gasteiger partial charge in [-0.1, -0.05) is 6.92 Å². The fourth-order valence-corrected chi connectivity index (χ4v) is 1.89. The first-order chi connectivity index (χ1) is 9.15. The predicted molar refractivity (Wildman–Crippen MR) is 54.1 cm³/mol. The first-order valence-electron chi connectivity index (χ1n) is 5.16.